The number of anilines is 1. The summed E-state index contributed by atoms with van der Waals surface area (Å²) in [5.74, 6) is 0.896. The zero-order valence-electron chi connectivity index (χ0n) is 12.0. The van der Waals surface area contributed by atoms with Gasteiger partial charge in [-0.05, 0) is 49.8 Å². The Hall–Kier alpha value is -0.730. The number of hydrogen-bond acceptors (Lipinski definition) is 2. The minimum atomic E-state index is 0.188. The first kappa shape index (κ1) is 14.7. The number of nitrogens with two attached hydrogens (primary N) is 1. The molecule has 2 rings (SSSR count). The highest BCUT2D eigenvalue weighted by molar-refractivity contribution is 6.30. The number of nitrogens with zero attached hydrogens (tertiary/aromatic N) is 1. The molecule has 1 atom stereocenters. The van der Waals surface area contributed by atoms with Crippen LogP contribution < -0.4 is 10.6 Å². The van der Waals surface area contributed by atoms with Gasteiger partial charge in [0.05, 0.1) is 0 Å². The summed E-state index contributed by atoms with van der Waals surface area (Å²) in [6.45, 7) is 6.64. The smallest absolute Gasteiger partial charge is 0.0426 e. The highest BCUT2D eigenvalue weighted by Crippen LogP contribution is 2.30. The topological polar surface area (TPSA) is 29.3 Å². The van der Waals surface area contributed by atoms with Crippen LogP contribution in [-0.4, -0.2) is 19.1 Å². The molecule has 3 heteroatoms. The van der Waals surface area contributed by atoms with Gasteiger partial charge in [-0.15, -0.1) is 0 Å². The summed E-state index contributed by atoms with van der Waals surface area (Å²) in [4.78, 5) is 2.48. The van der Waals surface area contributed by atoms with Gasteiger partial charge in [-0.2, -0.15) is 0 Å². The fraction of sp³-hybridized carbons (Fsp3) is 0.625. The van der Waals surface area contributed by atoms with Crippen LogP contribution in [0.1, 0.15) is 38.7 Å². The maximum absolute atomic E-state index is 6.17. The van der Waals surface area contributed by atoms with E-state index in [1.54, 1.807) is 0 Å². The molecule has 1 aliphatic rings. The lowest BCUT2D eigenvalue weighted by molar-refractivity contribution is 0.394. The second-order valence-electron chi connectivity index (χ2n) is 5.79. The van der Waals surface area contributed by atoms with E-state index in [4.69, 9.17) is 17.3 Å². The summed E-state index contributed by atoms with van der Waals surface area (Å²) >= 11 is 6.17. The lowest BCUT2D eigenvalue weighted by Gasteiger charge is -2.34. The second-order valence-corrected chi connectivity index (χ2v) is 6.23. The Labute approximate surface area is 121 Å². The van der Waals surface area contributed by atoms with Gasteiger partial charge in [0, 0.05) is 29.8 Å². The maximum atomic E-state index is 6.17. The van der Waals surface area contributed by atoms with Gasteiger partial charge >= 0.3 is 0 Å². The van der Waals surface area contributed by atoms with Crippen LogP contribution in [0.2, 0.25) is 5.02 Å². The summed E-state index contributed by atoms with van der Waals surface area (Å²) in [6, 6.07) is 6.40. The lowest BCUT2D eigenvalue weighted by atomic mass is 9.93. The number of piperidine rings is 1. The molecule has 1 aliphatic heterocycles. The van der Waals surface area contributed by atoms with Crippen LogP contribution in [0, 0.1) is 5.92 Å². The number of benzene rings is 1. The monoisotopic (exact) mass is 280 g/mol. The Morgan fingerprint density at radius 1 is 1.37 bits per heavy atom. The third-order valence-corrected chi connectivity index (χ3v) is 4.36. The molecule has 19 heavy (non-hydrogen) atoms. The Morgan fingerprint density at radius 3 is 2.63 bits per heavy atom. The normalized spacial score (nSPS) is 18.6. The second kappa shape index (κ2) is 6.62. The van der Waals surface area contributed by atoms with Crippen molar-refractivity contribution in [1.29, 1.82) is 0 Å². The number of hydrogen-bond donors (Lipinski definition) is 1. The fourth-order valence-corrected chi connectivity index (χ4v) is 3.10. The predicted molar refractivity (Wildman–Crippen MR) is 84.0 cm³/mol. The highest BCUT2D eigenvalue weighted by atomic mass is 35.5. The van der Waals surface area contributed by atoms with E-state index >= 15 is 0 Å². The van der Waals surface area contributed by atoms with Gasteiger partial charge in [-0.3, -0.25) is 0 Å². The zero-order valence-corrected chi connectivity index (χ0v) is 12.8. The SMILES string of the molecule is CCC1CCN(c2cc(Cl)ccc2CC(C)N)CC1. The van der Waals surface area contributed by atoms with Crippen molar-refractivity contribution < 1.29 is 0 Å². The van der Waals surface area contributed by atoms with E-state index in [1.807, 2.05) is 6.07 Å². The Bertz CT molecular complexity index is 409. The lowest BCUT2D eigenvalue weighted by Crippen LogP contribution is -2.34. The van der Waals surface area contributed by atoms with Crippen molar-refractivity contribution in [1.82, 2.24) is 0 Å². The molecule has 0 bridgehead atoms. The van der Waals surface area contributed by atoms with Gasteiger partial charge in [0.15, 0.2) is 0 Å². The van der Waals surface area contributed by atoms with Crippen LogP contribution in [0.3, 0.4) is 0 Å². The molecule has 1 aromatic rings. The molecule has 0 aliphatic carbocycles. The van der Waals surface area contributed by atoms with Gasteiger partial charge in [0.1, 0.15) is 0 Å². The first-order chi connectivity index (χ1) is 9.10. The van der Waals surface area contributed by atoms with Crippen molar-refractivity contribution in [2.24, 2.45) is 11.7 Å². The molecule has 0 saturated carbocycles. The average Bonchev–Trinajstić information content (AvgIpc) is 2.40. The largest absolute Gasteiger partial charge is 0.371 e. The third kappa shape index (κ3) is 3.87. The van der Waals surface area contributed by atoms with Crippen LogP contribution in [0.25, 0.3) is 0 Å². The first-order valence-electron chi connectivity index (χ1n) is 7.39. The Morgan fingerprint density at radius 2 is 2.05 bits per heavy atom. The minimum Gasteiger partial charge on any atom is -0.371 e. The molecule has 1 unspecified atom stereocenters. The van der Waals surface area contributed by atoms with E-state index in [9.17, 15) is 0 Å². The number of halogens is 1. The molecule has 0 spiro atoms. The fourth-order valence-electron chi connectivity index (χ4n) is 2.93. The molecule has 1 fully saturated rings. The van der Waals surface area contributed by atoms with Crippen LogP contribution in [-0.2, 0) is 6.42 Å². The van der Waals surface area contributed by atoms with Gasteiger partial charge < -0.3 is 10.6 Å². The highest BCUT2D eigenvalue weighted by Gasteiger charge is 2.20. The van der Waals surface area contributed by atoms with E-state index < -0.39 is 0 Å². The first-order valence-corrected chi connectivity index (χ1v) is 7.77. The van der Waals surface area contributed by atoms with Gasteiger partial charge in [-0.25, -0.2) is 0 Å². The average molecular weight is 281 g/mol. The van der Waals surface area contributed by atoms with Crippen LogP contribution >= 0.6 is 11.6 Å². The quantitative estimate of drug-likeness (QED) is 0.907. The van der Waals surface area contributed by atoms with Crippen molar-refractivity contribution >= 4 is 17.3 Å². The van der Waals surface area contributed by atoms with Crippen molar-refractivity contribution in [2.75, 3.05) is 18.0 Å². The Kier molecular flexibility index (Phi) is 5.12. The third-order valence-electron chi connectivity index (χ3n) is 4.12. The molecule has 2 N–H and O–H groups in total. The van der Waals surface area contributed by atoms with E-state index in [0.29, 0.717) is 0 Å². The summed E-state index contributed by atoms with van der Waals surface area (Å²) in [6.07, 6.45) is 4.80. The molecular weight excluding hydrogens is 256 g/mol. The predicted octanol–water partition coefficient (Wildman–Crippen LogP) is 3.86. The molecule has 1 saturated heterocycles. The van der Waals surface area contributed by atoms with Crippen molar-refractivity contribution in [3.63, 3.8) is 0 Å². The zero-order chi connectivity index (χ0) is 13.8. The minimum absolute atomic E-state index is 0.188. The molecule has 0 amide bonds. The summed E-state index contributed by atoms with van der Waals surface area (Å²) < 4.78 is 0. The van der Waals surface area contributed by atoms with Crippen molar-refractivity contribution in [3.05, 3.63) is 28.8 Å². The van der Waals surface area contributed by atoms with Crippen LogP contribution in [0.5, 0.6) is 0 Å². The molecule has 1 aromatic carbocycles. The summed E-state index contributed by atoms with van der Waals surface area (Å²) in [5, 5.41) is 0.820. The van der Waals surface area contributed by atoms with E-state index in [2.05, 4.69) is 30.9 Å². The van der Waals surface area contributed by atoms with Gasteiger partial charge in [-0.1, -0.05) is 31.0 Å². The van der Waals surface area contributed by atoms with Crippen molar-refractivity contribution in [2.45, 2.75) is 45.6 Å². The molecule has 0 aromatic heterocycles. The van der Waals surface area contributed by atoms with E-state index in [0.717, 1.165) is 30.5 Å². The van der Waals surface area contributed by atoms with E-state index in [-0.39, 0.29) is 6.04 Å². The van der Waals surface area contributed by atoms with Gasteiger partial charge in [0.2, 0.25) is 0 Å². The summed E-state index contributed by atoms with van der Waals surface area (Å²) in [5.41, 5.74) is 8.57. The summed E-state index contributed by atoms with van der Waals surface area (Å²) in [7, 11) is 0. The maximum Gasteiger partial charge on any atom is 0.0426 e. The molecule has 1 heterocycles. The molecule has 0 radical (unpaired) electrons. The molecule has 2 nitrogen and oxygen atoms in total. The van der Waals surface area contributed by atoms with E-state index in [1.165, 1.54) is 30.5 Å². The molecular formula is C16H25ClN2. The number of rotatable bonds is 4. The van der Waals surface area contributed by atoms with Gasteiger partial charge in [0.25, 0.3) is 0 Å². The van der Waals surface area contributed by atoms with Crippen LogP contribution in [0.15, 0.2) is 18.2 Å². The Balaban J connectivity index is 2.16. The molecule has 106 valence electrons. The standard InChI is InChI=1S/C16H25ClN2/c1-3-13-6-8-19(9-7-13)16-11-15(17)5-4-14(16)10-12(2)18/h4-5,11-13H,3,6-10,18H2,1-2H3. The van der Waals surface area contributed by atoms with Crippen molar-refractivity contribution in [3.8, 4) is 0 Å². The van der Waals surface area contributed by atoms with Crippen LogP contribution in [0.4, 0.5) is 5.69 Å².